The van der Waals surface area contributed by atoms with Gasteiger partial charge in [-0.05, 0) is 96.3 Å². The van der Waals surface area contributed by atoms with Crippen LogP contribution in [0.2, 0.25) is 0 Å². The molecule has 0 aliphatic heterocycles. The SMILES string of the molecule is CC/C=C\C/C=C\C/C=C\C/C=C\C/C=C\CCCCCCCCCCCC(=O)OC(CO)COCCCCCCCCCCCCCCC/C=C\C/C=C\C/C=C\C/C=C\CC. The first kappa shape index (κ1) is 60.1. The first-order valence-electron chi connectivity index (χ1n) is 26.5. The minimum absolute atomic E-state index is 0.180. The Morgan fingerprint density at radius 2 is 0.667 bits per heavy atom. The van der Waals surface area contributed by atoms with Crippen LogP contribution < -0.4 is 0 Å². The molecule has 63 heavy (non-hydrogen) atoms. The quantitative estimate of drug-likeness (QED) is 0.0376. The lowest BCUT2D eigenvalue weighted by Gasteiger charge is -2.16. The zero-order chi connectivity index (χ0) is 45.5. The third-order valence-electron chi connectivity index (χ3n) is 11.1. The molecule has 0 bridgehead atoms. The van der Waals surface area contributed by atoms with Crippen molar-refractivity contribution in [3.8, 4) is 0 Å². The molecule has 1 atom stereocenters. The molecular formula is C59H100O4. The molecule has 0 amide bonds. The van der Waals surface area contributed by atoms with E-state index < -0.39 is 6.10 Å². The summed E-state index contributed by atoms with van der Waals surface area (Å²) in [5, 5.41) is 9.67. The maximum Gasteiger partial charge on any atom is 0.306 e. The predicted octanol–water partition coefficient (Wildman–Crippen LogP) is 18.2. The maximum absolute atomic E-state index is 12.3. The zero-order valence-corrected chi connectivity index (χ0v) is 41.3. The molecule has 4 heteroatoms. The van der Waals surface area contributed by atoms with Crippen molar-refractivity contribution in [2.24, 2.45) is 0 Å². The van der Waals surface area contributed by atoms with Crippen molar-refractivity contribution in [1.82, 2.24) is 0 Å². The van der Waals surface area contributed by atoms with Crippen LogP contribution in [0.25, 0.3) is 0 Å². The monoisotopic (exact) mass is 873 g/mol. The van der Waals surface area contributed by atoms with E-state index in [0.717, 1.165) is 77.0 Å². The van der Waals surface area contributed by atoms with Gasteiger partial charge in [-0.25, -0.2) is 0 Å². The van der Waals surface area contributed by atoms with Crippen molar-refractivity contribution < 1.29 is 19.4 Å². The van der Waals surface area contributed by atoms with Crippen LogP contribution in [0.3, 0.4) is 0 Å². The van der Waals surface area contributed by atoms with E-state index in [9.17, 15) is 9.90 Å². The van der Waals surface area contributed by atoms with E-state index in [1.165, 1.54) is 135 Å². The largest absolute Gasteiger partial charge is 0.457 e. The second-order valence-corrected chi connectivity index (χ2v) is 17.2. The number of carbonyl (C=O) groups excluding carboxylic acids is 1. The Morgan fingerprint density at radius 3 is 1.00 bits per heavy atom. The summed E-state index contributed by atoms with van der Waals surface area (Å²) in [6, 6.07) is 0. The van der Waals surface area contributed by atoms with E-state index in [2.05, 4.69) is 123 Å². The number of carbonyl (C=O) groups is 1. The van der Waals surface area contributed by atoms with Gasteiger partial charge in [0.05, 0.1) is 13.2 Å². The number of aliphatic hydroxyl groups is 1. The number of hydrogen-bond donors (Lipinski definition) is 1. The van der Waals surface area contributed by atoms with Crippen LogP contribution in [0.5, 0.6) is 0 Å². The number of allylic oxidation sites excluding steroid dienone is 18. The van der Waals surface area contributed by atoms with Crippen molar-refractivity contribution in [3.63, 3.8) is 0 Å². The van der Waals surface area contributed by atoms with E-state index in [4.69, 9.17) is 9.47 Å². The lowest BCUT2D eigenvalue weighted by Crippen LogP contribution is -2.27. The molecule has 0 heterocycles. The van der Waals surface area contributed by atoms with E-state index >= 15 is 0 Å². The van der Waals surface area contributed by atoms with Gasteiger partial charge in [0, 0.05) is 13.0 Å². The average molecular weight is 873 g/mol. The minimum atomic E-state index is -0.547. The molecule has 0 radical (unpaired) electrons. The van der Waals surface area contributed by atoms with Crippen LogP contribution in [0.4, 0.5) is 0 Å². The summed E-state index contributed by atoms with van der Waals surface area (Å²) >= 11 is 0. The highest BCUT2D eigenvalue weighted by Gasteiger charge is 2.13. The van der Waals surface area contributed by atoms with Gasteiger partial charge in [-0.3, -0.25) is 4.79 Å². The van der Waals surface area contributed by atoms with Crippen LogP contribution in [0.1, 0.15) is 232 Å². The fraction of sp³-hybridized carbons (Fsp3) is 0.678. The smallest absolute Gasteiger partial charge is 0.306 e. The summed E-state index contributed by atoms with van der Waals surface area (Å²) in [4.78, 5) is 12.3. The second-order valence-electron chi connectivity index (χ2n) is 17.2. The Morgan fingerprint density at radius 1 is 0.381 bits per heavy atom. The molecule has 0 aromatic heterocycles. The fourth-order valence-corrected chi connectivity index (χ4v) is 7.23. The Balaban J connectivity index is 3.46. The standard InChI is InChI=1S/C59H100O4/c1-3-5-7-9-11-13-15-17-19-21-23-25-27-29-31-33-35-37-39-41-43-45-47-49-51-53-55-62-57-58(56-60)63-59(61)54-52-50-48-46-44-42-40-38-36-34-32-30-28-26-24-22-20-18-16-14-12-10-8-6-4-2/h5-8,11-14,17-20,23-26,30,32,58,60H,3-4,9-10,15-16,21-22,27-29,31,33-57H2,1-2H3/b7-5-,8-6-,13-11-,14-12-,19-17-,20-18-,25-23-,26-24-,32-30-. The lowest BCUT2D eigenvalue weighted by molar-refractivity contribution is -0.154. The van der Waals surface area contributed by atoms with E-state index in [1.54, 1.807) is 0 Å². The van der Waals surface area contributed by atoms with Crippen molar-refractivity contribution in [1.29, 1.82) is 0 Å². The zero-order valence-electron chi connectivity index (χ0n) is 41.3. The topological polar surface area (TPSA) is 55.8 Å². The molecule has 360 valence electrons. The summed E-state index contributed by atoms with van der Waals surface area (Å²) in [6.07, 6.45) is 80.4. The third kappa shape index (κ3) is 53.3. The van der Waals surface area contributed by atoms with E-state index in [1.807, 2.05) is 0 Å². The molecule has 0 aromatic rings. The summed E-state index contributed by atoms with van der Waals surface area (Å²) < 4.78 is 11.2. The maximum atomic E-state index is 12.3. The second kappa shape index (κ2) is 55.2. The molecule has 0 rings (SSSR count). The number of esters is 1. The first-order chi connectivity index (χ1) is 31.2. The van der Waals surface area contributed by atoms with Gasteiger partial charge in [0.15, 0.2) is 0 Å². The molecule has 0 saturated carbocycles. The molecule has 0 aliphatic carbocycles. The number of unbranched alkanes of at least 4 members (excludes halogenated alkanes) is 22. The number of rotatable bonds is 48. The average Bonchev–Trinajstić information content (AvgIpc) is 3.29. The molecule has 0 spiro atoms. The van der Waals surface area contributed by atoms with Gasteiger partial charge >= 0.3 is 5.97 Å². The van der Waals surface area contributed by atoms with Gasteiger partial charge in [0.1, 0.15) is 6.10 Å². The van der Waals surface area contributed by atoms with E-state index in [-0.39, 0.29) is 19.2 Å². The van der Waals surface area contributed by atoms with E-state index in [0.29, 0.717) is 13.0 Å². The highest BCUT2D eigenvalue weighted by atomic mass is 16.6. The molecule has 1 N–H and O–H groups in total. The van der Waals surface area contributed by atoms with Crippen LogP contribution in [0.15, 0.2) is 109 Å². The summed E-state index contributed by atoms with van der Waals surface area (Å²) in [7, 11) is 0. The molecule has 0 aromatic carbocycles. The lowest BCUT2D eigenvalue weighted by atomic mass is 10.0. The number of hydrogen-bond acceptors (Lipinski definition) is 4. The highest BCUT2D eigenvalue weighted by Crippen LogP contribution is 2.15. The molecular weight excluding hydrogens is 773 g/mol. The van der Waals surface area contributed by atoms with Crippen LogP contribution in [0, 0.1) is 0 Å². The van der Waals surface area contributed by atoms with Gasteiger partial charge in [-0.2, -0.15) is 0 Å². The summed E-state index contributed by atoms with van der Waals surface area (Å²) in [5.74, 6) is -0.210. The molecule has 1 unspecified atom stereocenters. The van der Waals surface area contributed by atoms with Crippen LogP contribution >= 0.6 is 0 Å². The fourth-order valence-electron chi connectivity index (χ4n) is 7.23. The molecule has 0 aliphatic rings. The Kier molecular flexibility index (Phi) is 52.6. The molecule has 0 fully saturated rings. The highest BCUT2D eigenvalue weighted by molar-refractivity contribution is 5.69. The first-order valence-corrected chi connectivity index (χ1v) is 26.5. The predicted molar refractivity (Wildman–Crippen MR) is 278 cm³/mol. The molecule has 4 nitrogen and oxygen atoms in total. The third-order valence-corrected chi connectivity index (χ3v) is 11.1. The number of ether oxygens (including phenoxy) is 2. The van der Waals surface area contributed by atoms with Gasteiger partial charge in [-0.15, -0.1) is 0 Å². The van der Waals surface area contributed by atoms with Crippen LogP contribution in [-0.2, 0) is 14.3 Å². The van der Waals surface area contributed by atoms with Crippen molar-refractivity contribution in [3.05, 3.63) is 109 Å². The van der Waals surface area contributed by atoms with Crippen molar-refractivity contribution in [2.75, 3.05) is 19.8 Å². The number of aliphatic hydroxyl groups excluding tert-OH is 1. The van der Waals surface area contributed by atoms with Gasteiger partial charge in [0.2, 0.25) is 0 Å². The van der Waals surface area contributed by atoms with Crippen LogP contribution in [-0.4, -0.2) is 37.0 Å². The Labute approximate surface area is 391 Å². The van der Waals surface area contributed by atoms with Gasteiger partial charge < -0.3 is 14.6 Å². The summed E-state index contributed by atoms with van der Waals surface area (Å²) in [5.41, 5.74) is 0. The Bertz CT molecular complexity index is 1200. The Hall–Kier alpha value is -2.95. The normalized spacial score (nSPS) is 13.3. The summed E-state index contributed by atoms with van der Waals surface area (Å²) in [6.45, 7) is 5.11. The van der Waals surface area contributed by atoms with Crippen molar-refractivity contribution >= 4 is 5.97 Å². The minimum Gasteiger partial charge on any atom is -0.457 e. The molecule has 0 saturated heterocycles. The van der Waals surface area contributed by atoms with Gasteiger partial charge in [-0.1, -0.05) is 239 Å². The van der Waals surface area contributed by atoms with Gasteiger partial charge in [0.25, 0.3) is 0 Å². The van der Waals surface area contributed by atoms with Crippen molar-refractivity contribution in [2.45, 2.75) is 238 Å².